The molecule has 20 heavy (non-hydrogen) atoms. The molecule has 0 saturated carbocycles. The molecule has 1 aromatic heterocycles. The molecule has 1 fully saturated rings. The second kappa shape index (κ2) is 5.80. The summed E-state index contributed by atoms with van der Waals surface area (Å²) in [7, 11) is -6.90. The Labute approximate surface area is 118 Å². The molecule has 0 bridgehead atoms. The maximum absolute atomic E-state index is 12.3. The van der Waals surface area contributed by atoms with E-state index in [1.54, 1.807) is 6.92 Å². The Morgan fingerprint density at radius 2 is 1.80 bits per heavy atom. The molecule has 0 aromatic carbocycles. The van der Waals surface area contributed by atoms with Crippen molar-refractivity contribution in [2.75, 3.05) is 31.9 Å². The molecule has 0 radical (unpaired) electrons. The predicted octanol–water partition coefficient (Wildman–Crippen LogP) is -0.544. The van der Waals surface area contributed by atoms with Crippen LogP contribution in [-0.2, 0) is 20.0 Å². The van der Waals surface area contributed by atoms with Crippen LogP contribution in [0, 0.1) is 0 Å². The van der Waals surface area contributed by atoms with Crippen molar-refractivity contribution in [2.24, 2.45) is 0 Å². The fourth-order valence-electron chi connectivity index (χ4n) is 2.09. The summed E-state index contributed by atoms with van der Waals surface area (Å²) in [5, 5.41) is 0.0318. The Morgan fingerprint density at radius 3 is 2.40 bits per heavy atom. The minimum absolute atomic E-state index is 0.0281. The summed E-state index contributed by atoms with van der Waals surface area (Å²) < 4.78 is 50.9. The van der Waals surface area contributed by atoms with E-state index in [-0.39, 0.29) is 23.9 Å². The van der Waals surface area contributed by atoms with Gasteiger partial charge in [0.2, 0.25) is 10.0 Å². The number of nitrogens with zero attached hydrogens (tertiary/aromatic N) is 3. The highest BCUT2D eigenvalue weighted by Crippen LogP contribution is 2.16. The molecule has 0 atom stereocenters. The van der Waals surface area contributed by atoms with E-state index in [2.05, 4.69) is 9.97 Å². The first-order valence-electron chi connectivity index (χ1n) is 6.34. The van der Waals surface area contributed by atoms with Crippen molar-refractivity contribution in [1.29, 1.82) is 0 Å². The number of imidazole rings is 1. The molecule has 10 heteroatoms. The van der Waals surface area contributed by atoms with E-state index >= 15 is 0 Å². The molecule has 1 aliphatic rings. The summed E-state index contributed by atoms with van der Waals surface area (Å²) in [6.07, 6.45) is 3.03. The lowest BCUT2D eigenvalue weighted by Gasteiger charge is -2.20. The van der Waals surface area contributed by atoms with Crippen LogP contribution in [0.25, 0.3) is 0 Å². The van der Waals surface area contributed by atoms with Crippen LogP contribution >= 0.6 is 0 Å². The lowest BCUT2D eigenvalue weighted by atomic mass is 10.4. The van der Waals surface area contributed by atoms with Gasteiger partial charge in [0.1, 0.15) is 0 Å². The molecule has 1 saturated heterocycles. The molecule has 2 rings (SSSR count). The van der Waals surface area contributed by atoms with Gasteiger partial charge in [-0.25, -0.2) is 26.1 Å². The Balaban J connectivity index is 2.15. The van der Waals surface area contributed by atoms with Gasteiger partial charge in [-0.1, -0.05) is 0 Å². The van der Waals surface area contributed by atoms with Crippen LogP contribution in [0.1, 0.15) is 13.3 Å². The summed E-state index contributed by atoms with van der Waals surface area (Å²) >= 11 is 0. The van der Waals surface area contributed by atoms with E-state index < -0.39 is 20.0 Å². The van der Waals surface area contributed by atoms with Gasteiger partial charge in [0.15, 0.2) is 5.03 Å². The van der Waals surface area contributed by atoms with E-state index in [1.807, 2.05) is 0 Å². The number of aromatic amines is 1. The number of nitrogens with one attached hydrogen (secondary N) is 1. The summed E-state index contributed by atoms with van der Waals surface area (Å²) in [6, 6.07) is 0. The Hall–Kier alpha value is -0.970. The molecule has 8 nitrogen and oxygen atoms in total. The monoisotopic (exact) mass is 322 g/mol. The van der Waals surface area contributed by atoms with Gasteiger partial charge in [0, 0.05) is 26.2 Å². The highest BCUT2D eigenvalue weighted by Gasteiger charge is 2.30. The average molecular weight is 322 g/mol. The third-order valence-electron chi connectivity index (χ3n) is 3.26. The van der Waals surface area contributed by atoms with Gasteiger partial charge in [-0.15, -0.1) is 0 Å². The molecule has 1 N–H and O–H groups in total. The summed E-state index contributed by atoms with van der Waals surface area (Å²) in [6.45, 7) is 2.58. The minimum atomic E-state index is -3.62. The number of H-pyrrole nitrogens is 1. The van der Waals surface area contributed by atoms with Crippen molar-refractivity contribution >= 4 is 20.0 Å². The van der Waals surface area contributed by atoms with E-state index in [4.69, 9.17) is 0 Å². The number of hydrogen-bond donors (Lipinski definition) is 1. The zero-order valence-electron chi connectivity index (χ0n) is 11.2. The fraction of sp³-hybridized carbons (Fsp3) is 0.700. The maximum atomic E-state index is 12.3. The highest BCUT2D eigenvalue weighted by molar-refractivity contribution is 7.89. The Bertz CT molecular complexity index is 639. The third-order valence-corrected chi connectivity index (χ3v) is 6.97. The van der Waals surface area contributed by atoms with Crippen molar-refractivity contribution in [3.05, 3.63) is 12.5 Å². The average Bonchev–Trinajstić information content (AvgIpc) is 2.83. The van der Waals surface area contributed by atoms with Crippen molar-refractivity contribution in [3.63, 3.8) is 0 Å². The maximum Gasteiger partial charge on any atom is 0.260 e. The molecular formula is C10H18N4O4S2. The number of sulfonamides is 2. The predicted molar refractivity (Wildman–Crippen MR) is 73.0 cm³/mol. The lowest BCUT2D eigenvalue weighted by Crippen LogP contribution is -2.38. The first-order valence-corrected chi connectivity index (χ1v) is 9.39. The second-order valence-corrected chi connectivity index (χ2v) is 8.64. The first kappa shape index (κ1) is 15.4. The van der Waals surface area contributed by atoms with E-state index in [1.165, 1.54) is 21.1 Å². The smallest absolute Gasteiger partial charge is 0.260 e. The Kier molecular flexibility index (Phi) is 4.47. The summed E-state index contributed by atoms with van der Waals surface area (Å²) in [4.78, 5) is 6.28. The van der Waals surface area contributed by atoms with Crippen LogP contribution in [-0.4, -0.2) is 67.3 Å². The first-order chi connectivity index (χ1) is 9.38. The molecule has 114 valence electrons. The largest absolute Gasteiger partial charge is 0.335 e. The van der Waals surface area contributed by atoms with Gasteiger partial charge in [-0.3, -0.25) is 0 Å². The van der Waals surface area contributed by atoms with Crippen LogP contribution in [0.3, 0.4) is 0 Å². The van der Waals surface area contributed by atoms with Crippen molar-refractivity contribution in [1.82, 2.24) is 18.6 Å². The van der Waals surface area contributed by atoms with Crippen molar-refractivity contribution < 1.29 is 16.8 Å². The van der Waals surface area contributed by atoms with Crippen molar-refractivity contribution in [3.8, 4) is 0 Å². The Morgan fingerprint density at radius 1 is 1.15 bits per heavy atom. The van der Waals surface area contributed by atoms with E-state index in [0.29, 0.717) is 19.5 Å². The second-order valence-electron chi connectivity index (χ2n) is 4.47. The van der Waals surface area contributed by atoms with Crippen LogP contribution in [0.5, 0.6) is 0 Å². The van der Waals surface area contributed by atoms with Gasteiger partial charge >= 0.3 is 0 Å². The normalized spacial score (nSPS) is 19.9. The van der Waals surface area contributed by atoms with Crippen molar-refractivity contribution in [2.45, 2.75) is 18.4 Å². The van der Waals surface area contributed by atoms with Gasteiger partial charge in [0.25, 0.3) is 10.0 Å². The SMILES string of the molecule is CCS(=O)(=O)N1CCCN(S(=O)(=O)c2cnc[nH]2)CC1. The quantitative estimate of drug-likeness (QED) is 0.801. The number of rotatable bonds is 4. The van der Waals surface area contributed by atoms with Crippen LogP contribution in [0.4, 0.5) is 0 Å². The zero-order valence-corrected chi connectivity index (χ0v) is 12.8. The number of hydrogen-bond acceptors (Lipinski definition) is 5. The van der Waals surface area contributed by atoms with Crippen LogP contribution in [0.2, 0.25) is 0 Å². The molecule has 1 aromatic rings. The summed E-state index contributed by atoms with van der Waals surface area (Å²) in [5.74, 6) is 0.0281. The molecule has 0 amide bonds. The molecule has 0 unspecified atom stereocenters. The molecule has 2 heterocycles. The molecular weight excluding hydrogens is 304 g/mol. The zero-order chi connectivity index (χ0) is 14.8. The molecule has 0 aliphatic carbocycles. The van der Waals surface area contributed by atoms with Gasteiger partial charge < -0.3 is 4.98 Å². The summed E-state index contributed by atoms with van der Waals surface area (Å²) in [5.41, 5.74) is 0. The van der Waals surface area contributed by atoms with Gasteiger partial charge in [0.05, 0.1) is 18.3 Å². The minimum Gasteiger partial charge on any atom is -0.335 e. The molecule has 1 aliphatic heterocycles. The van der Waals surface area contributed by atoms with E-state index in [0.717, 1.165) is 0 Å². The highest BCUT2D eigenvalue weighted by atomic mass is 32.2. The lowest BCUT2D eigenvalue weighted by molar-refractivity contribution is 0.404. The topological polar surface area (TPSA) is 103 Å². The van der Waals surface area contributed by atoms with Gasteiger partial charge in [-0.05, 0) is 13.3 Å². The third kappa shape index (κ3) is 3.03. The number of aromatic nitrogens is 2. The molecule has 0 spiro atoms. The van der Waals surface area contributed by atoms with Crippen LogP contribution < -0.4 is 0 Å². The van der Waals surface area contributed by atoms with Gasteiger partial charge in [-0.2, -0.15) is 4.31 Å². The fourth-order valence-corrected chi connectivity index (χ4v) is 4.59. The van der Waals surface area contributed by atoms with E-state index in [9.17, 15) is 16.8 Å². The van der Waals surface area contributed by atoms with Crippen LogP contribution in [0.15, 0.2) is 17.6 Å². The standard InChI is InChI=1S/C10H18N4O4S2/c1-2-19(15,16)13-4-3-5-14(7-6-13)20(17,18)10-8-11-9-12-10/h8-9H,2-7H2,1H3,(H,11,12).